The van der Waals surface area contributed by atoms with Crippen LogP contribution in [0.5, 0.6) is 0 Å². The van der Waals surface area contributed by atoms with E-state index in [1.807, 2.05) is 67.6 Å². The van der Waals surface area contributed by atoms with Gasteiger partial charge in [-0.1, -0.05) is 72.3 Å². The van der Waals surface area contributed by atoms with Gasteiger partial charge in [-0.05, 0) is 48.7 Å². The predicted octanol–water partition coefficient (Wildman–Crippen LogP) is 4.11. The zero-order valence-corrected chi connectivity index (χ0v) is 18.0. The summed E-state index contributed by atoms with van der Waals surface area (Å²) in [4.78, 5) is 13.1. The maximum absolute atomic E-state index is 13.0. The SMILES string of the molecule is C[C@H](NC(=O)[C@H](Cc1ccccc1)NS(=O)(=O)c1ccc(Cl)cc1)c1ccccc1. The summed E-state index contributed by atoms with van der Waals surface area (Å²) in [6.07, 6.45) is 0.223. The molecule has 5 nitrogen and oxygen atoms in total. The van der Waals surface area contributed by atoms with Gasteiger partial charge in [0.05, 0.1) is 10.9 Å². The Morgan fingerprint density at radius 2 is 1.47 bits per heavy atom. The minimum Gasteiger partial charge on any atom is -0.348 e. The largest absolute Gasteiger partial charge is 0.348 e. The van der Waals surface area contributed by atoms with Crippen LogP contribution in [0.2, 0.25) is 5.02 Å². The van der Waals surface area contributed by atoms with Gasteiger partial charge in [0.15, 0.2) is 0 Å². The van der Waals surface area contributed by atoms with Crippen molar-refractivity contribution in [3.8, 4) is 0 Å². The average molecular weight is 443 g/mol. The molecule has 0 saturated carbocycles. The Kier molecular flexibility index (Phi) is 7.26. The number of carbonyl (C=O) groups is 1. The van der Waals surface area contributed by atoms with Gasteiger partial charge < -0.3 is 5.32 Å². The van der Waals surface area contributed by atoms with E-state index >= 15 is 0 Å². The number of carbonyl (C=O) groups excluding carboxylic acids is 1. The number of amides is 1. The van der Waals surface area contributed by atoms with Gasteiger partial charge in [0.25, 0.3) is 0 Å². The molecule has 0 spiro atoms. The number of nitrogens with one attached hydrogen (secondary N) is 2. The predicted molar refractivity (Wildman–Crippen MR) is 119 cm³/mol. The second kappa shape index (κ2) is 9.89. The van der Waals surface area contributed by atoms with Crippen molar-refractivity contribution in [3.05, 3.63) is 101 Å². The van der Waals surface area contributed by atoms with E-state index in [1.54, 1.807) is 0 Å². The molecule has 0 heterocycles. The van der Waals surface area contributed by atoms with E-state index in [2.05, 4.69) is 10.0 Å². The van der Waals surface area contributed by atoms with Gasteiger partial charge in [0, 0.05) is 5.02 Å². The molecule has 0 saturated heterocycles. The highest BCUT2D eigenvalue weighted by Crippen LogP contribution is 2.16. The molecule has 0 unspecified atom stereocenters. The third-order valence-electron chi connectivity index (χ3n) is 4.68. The first-order valence-electron chi connectivity index (χ1n) is 9.52. The Morgan fingerprint density at radius 1 is 0.900 bits per heavy atom. The first-order chi connectivity index (χ1) is 14.3. The van der Waals surface area contributed by atoms with Gasteiger partial charge in [-0.2, -0.15) is 4.72 Å². The second-order valence-corrected chi connectivity index (χ2v) is 9.11. The second-order valence-electron chi connectivity index (χ2n) is 6.96. The highest BCUT2D eigenvalue weighted by molar-refractivity contribution is 7.89. The Balaban J connectivity index is 1.82. The van der Waals surface area contributed by atoms with Crippen LogP contribution in [0.15, 0.2) is 89.8 Å². The molecule has 2 atom stereocenters. The number of halogens is 1. The zero-order valence-electron chi connectivity index (χ0n) is 16.5. The topological polar surface area (TPSA) is 75.3 Å². The van der Waals surface area contributed by atoms with Crippen LogP contribution < -0.4 is 10.0 Å². The van der Waals surface area contributed by atoms with E-state index in [0.29, 0.717) is 5.02 Å². The van der Waals surface area contributed by atoms with Crippen LogP contribution in [0.1, 0.15) is 24.1 Å². The fraction of sp³-hybridized carbons (Fsp3) is 0.174. The molecule has 3 aromatic carbocycles. The normalized spacial score (nSPS) is 13.4. The molecule has 0 aliphatic rings. The van der Waals surface area contributed by atoms with Crippen molar-refractivity contribution in [1.29, 1.82) is 0 Å². The summed E-state index contributed by atoms with van der Waals surface area (Å²) in [5, 5.41) is 3.35. The number of benzene rings is 3. The van der Waals surface area contributed by atoms with E-state index < -0.39 is 22.0 Å². The molecule has 7 heteroatoms. The molecule has 2 N–H and O–H groups in total. The summed E-state index contributed by atoms with van der Waals surface area (Å²) in [6, 6.07) is 23.4. The number of hydrogen-bond donors (Lipinski definition) is 2. The molecule has 0 fully saturated rings. The molecule has 3 aromatic rings. The molecular formula is C23H23ClN2O3S. The zero-order chi connectivity index (χ0) is 21.6. The molecule has 0 aromatic heterocycles. The van der Waals surface area contributed by atoms with Gasteiger partial charge >= 0.3 is 0 Å². The van der Waals surface area contributed by atoms with Gasteiger partial charge in [0.1, 0.15) is 6.04 Å². The summed E-state index contributed by atoms with van der Waals surface area (Å²) in [5.41, 5.74) is 1.79. The minimum absolute atomic E-state index is 0.0499. The van der Waals surface area contributed by atoms with Crippen molar-refractivity contribution in [3.63, 3.8) is 0 Å². The molecule has 30 heavy (non-hydrogen) atoms. The molecular weight excluding hydrogens is 420 g/mol. The monoisotopic (exact) mass is 442 g/mol. The van der Waals surface area contributed by atoms with Crippen molar-refractivity contribution in [1.82, 2.24) is 10.0 Å². The third kappa shape index (κ3) is 5.92. The van der Waals surface area contributed by atoms with Crippen molar-refractivity contribution >= 4 is 27.5 Å². The quantitative estimate of drug-likeness (QED) is 0.551. The number of hydrogen-bond acceptors (Lipinski definition) is 3. The summed E-state index contributed by atoms with van der Waals surface area (Å²) in [7, 11) is -3.91. The van der Waals surface area contributed by atoms with E-state index in [1.165, 1.54) is 24.3 Å². The average Bonchev–Trinajstić information content (AvgIpc) is 2.74. The first kappa shape index (κ1) is 22.0. The van der Waals surface area contributed by atoms with Crippen LogP contribution >= 0.6 is 11.6 Å². The Hall–Kier alpha value is -2.67. The fourth-order valence-corrected chi connectivity index (χ4v) is 4.37. The summed E-state index contributed by atoms with van der Waals surface area (Å²) in [5.74, 6) is -0.396. The fourth-order valence-electron chi connectivity index (χ4n) is 3.05. The van der Waals surface area contributed by atoms with E-state index in [0.717, 1.165) is 11.1 Å². The minimum atomic E-state index is -3.91. The third-order valence-corrected chi connectivity index (χ3v) is 6.42. The Morgan fingerprint density at radius 3 is 2.07 bits per heavy atom. The van der Waals surface area contributed by atoms with Crippen LogP contribution in [-0.2, 0) is 21.2 Å². The molecule has 1 amide bonds. The number of sulfonamides is 1. The van der Waals surface area contributed by atoms with Crippen LogP contribution in [0, 0.1) is 0 Å². The molecule has 0 aliphatic heterocycles. The van der Waals surface area contributed by atoms with Crippen LogP contribution in [0.4, 0.5) is 0 Å². The van der Waals surface area contributed by atoms with E-state index in [-0.39, 0.29) is 17.4 Å². The van der Waals surface area contributed by atoms with E-state index in [4.69, 9.17) is 11.6 Å². The summed E-state index contributed by atoms with van der Waals surface area (Å²) >= 11 is 5.86. The molecule has 0 radical (unpaired) electrons. The van der Waals surface area contributed by atoms with Crippen molar-refractivity contribution in [2.75, 3.05) is 0 Å². The smallest absolute Gasteiger partial charge is 0.241 e. The van der Waals surface area contributed by atoms with Crippen molar-refractivity contribution in [2.45, 2.75) is 30.3 Å². The van der Waals surface area contributed by atoms with Crippen molar-refractivity contribution in [2.24, 2.45) is 0 Å². The highest BCUT2D eigenvalue weighted by atomic mass is 35.5. The van der Waals surface area contributed by atoms with Crippen LogP contribution in [0.3, 0.4) is 0 Å². The summed E-state index contributed by atoms with van der Waals surface area (Å²) < 4.78 is 28.3. The van der Waals surface area contributed by atoms with Crippen molar-refractivity contribution < 1.29 is 13.2 Å². The van der Waals surface area contributed by atoms with Crippen LogP contribution in [0.25, 0.3) is 0 Å². The molecule has 3 rings (SSSR count). The lowest BCUT2D eigenvalue weighted by Gasteiger charge is -2.22. The highest BCUT2D eigenvalue weighted by Gasteiger charge is 2.27. The van der Waals surface area contributed by atoms with E-state index in [9.17, 15) is 13.2 Å². The lowest BCUT2D eigenvalue weighted by molar-refractivity contribution is -0.123. The lowest BCUT2D eigenvalue weighted by Crippen LogP contribution is -2.48. The Bertz CT molecular complexity index is 1070. The first-order valence-corrected chi connectivity index (χ1v) is 11.4. The molecule has 0 aliphatic carbocycles. The van der Waals surface area contributed by atoms with Gasteiger partial charge in [-0.3, -0.25) is 4.79 Å². The van der Waals surface area contributed by atoms with Gasteiger partial charge in [0.2, 0.25) is 15.9 Å². The van der Waals surface area contributed by atoms with Gasteiger partial charge in [-0.25, -0.2) is 8.42 Å². The Labute approximate surface area is 182 Å². The van der Waals surface area contributed by atoms with Gasteiger partial charge in [-0.15, -0.1) is 0 Å². The summed E-state index contributed by atoms with van der Waals surface area (Å²) in [6.45, 7) is 1.86. The molecule has 0 bridgehead atoms. The maximum atomic E-state index is 13.0. The van der Waals surface area contributed by atoms with Crippen LogP contribution in [-0.4, -0.2) is 20.4 Å². The molecule has 156 valence electrons. The maximum Gasteiger partial charge on any atom is 0.241 e. The standard InChI is InChI=1S/C23H23ClN2O3S/c1-17(19-10-6-3-7-11-19)25-23(27)22(16-18-8-4-2-5-9-18)26-30(28,29)21-14-12-20(24)13-15-21/h2-15,17,22,26H,16H2,1H3,(H,25,27)/t17-,22-/m0/s1. The number of rotatable bonds is 8. The lowest BCUT2D eigenvalue weighted by atomic mass is 10.0.